The number of carbonyl (C=O) groups is 2. The van der Waals surface area contributed by atoms with Crippen LogP contribution in [-0.4, -0.2) is 65.6 Å². The van der Waals surface area contributed by atoms with E-state index in [0.29, 0.717) is 18.7 Å². The van der Waals surface area contributed by atoms with Crippen molar-refractivity contribution in [3.8, 4) is 17.2 Å². The topological polar surface area (TPSA) is 114 Å². The number of hydrogen-bond acceptors (Lipinski definition) is 7. The van der Waals surface area contributed by atoms with Crippen LogP contribution >= 0.6 is 11.6 Å². The second-order valence-electron chi connectivity index (χ2n) is 9.42. The van der Waals surface area contributed by atoms with Crippen molar-refractivity contribution in [2.75, 3.05) is 38.7 Å². The Kier molecular flexibility index (Phi) is 11.6. The van der Waals surface area contributed by atoms with Gasteiger partial charge in [-0.2, -0.15) is 0 Å². The van der Waals surface area contributed by atoms with Gasteiger partial charge in [0.15, 0.2) is 11.5 Å². The van der Waals surface area contributed by atoms with Gasteiger partial charge in [-0.3, -0.25) is 13.9 Å². The van der Waals surface area contributed by atoms with E-state index in [2.05, 4.69) is 5.32 Å². The molecule has 10 nitrogen and oxygen atoms in total. The molecule has 1 N–H and O–H groups in total. The first kappa shape index (κ1) is 33.5. The molecule has 0 spiro atoms. The fourth-order valence-electron chi connectivity index (χ4n) is 4.26. The number of methoxy groups -OCH3 is 3. The highest BCUT2D eigenvalue weighted by Crippen LogP contribution is 2.37. The highest BCUT2D eigenvalue weighted by Gasteiger charge is 2.34. The van der Waals surface area contributed by atoms with Gasteiger partial charge in [0, 0.05) is 29.7 Å². The second kappa shape index (κ2) is 14.9. The van der Waals surface area contributed by atoms with Crippen LogP contribution in [-0.2, 0) is 26.2 Å². The van der Waals surface area contributed by atoms with Gasteiger partial charge in [0.1, 0.15) is 24.2 Å². The number of nitrogens with one attached hydrogen (secondary N) is 1. The average Bonchev–Trinajstić information content (AvgIpc) is 3.01. The monoisotopic (exact) mass is 635 g/mol. The van der Waals surface area contributed by atoms with Gasteiger partial charge >= 0.3 is 0 Å². The van der Waals surface area contributed by atoms with E-state index >= 15 is 0 Å². The summed E-state index contributed by atoms with van der Waals surface area (Å²) in [4.78, 5) is 27.9. The quantitative estimate of drug-likeness (QED) is 0.274. The highest BCUT2D eigenvalue weighted by molar-refractivity contribution is 7.92. The zero-order valence-electron chi connectivity index (χ0n) is 24.6. The molecule has 0 saturated carbocycles. The minimum Gasteiger partial charge on any atom is -0.495 e. The summed E-state index contributed by atoms with van der Waals surface area (Å²) in [7, 11) is -0.371. The summed E-state index contributed by atoms with van der Waals surface area (Å²) in [6.07, 6.45) is 0.658. The van der Waals surface area contributed by atoms with Crippen molar-refractivity contribution in [1.29, 1.82) is 0 Å². The van der Waals surface area contributed by atoms with Gasteiger partial charge in [0.05, 0.1) is 31.9 Å². The molecule has 0 aromatic heterocycles. The molecule has 0 fully saturated rings. The highest BCUT2D eigenvalue weighted by atomic mass is 35.5. The molecule has 2 amide bonds. The first-order valence-corrected chi connectivity index (χ1v) is 15.2. The van der Waals surface area contributed by atoms with Crippen LogP contribution in [0.1, 0.15) is 25.8 Å². The van der Waals surface area contributed by atoms with E-state index in [9.17, 15) is 22.4 Å². The number of nitrogens with zero attached hydrogens (tertiary/aromatic N) is 2. The third-order valence-corrected chi connectivity index (χ3v) is 8.64. The number of amides is 2. The van der Waals surface area contributed by atoms with E-state index in [0.717, 1.165) is 9.21 Å². The molecule has 0 radical (unpaired) electrons. The summed E-state index contributed by atoms with van der Waals surface area (Å²) >= 11 is 6.26. The van der Waals surface area contributed by atoms with Gasteiger partial charge < -0.3 is 24.4 Å². The van der Waals surface area contributed by atoms with Crippen molar-refractivity contribution in [2.24, 2.45) is 0 Å². The molecule has 1 atom stereocenters. The Bertz CT molecular complexity index is 1550. The van der Waals surface area contributed by atoms with Crippen LogP contribution < -0.4 is 23.8 Å². The maximum atomic E-state index is 14.7. The maximum Gasteiger partial charge on any atom is 0.265 e. The Morgan fingerprint density at radius 3 is 2.23 bits per heavy atom. The van der Waals surface area contributed by atoms with Crippen LogP contribution in [0.15, 0.2) is 65.6 Å². The standard InChI is InChI=1S/C30H35ClFN3O7S/c1-6-15-33-30(37)20(2)34(18-21-9-7-8-10-24(21)32)29(36)19-35(25-16-22(31)11-13-26(25)40-3)43(38,39)23-12-14-27(41-4)28(17-23)42-5/h7-14,16-17,20H,6,15,18-19H2,1-5H3,(H,33,37)/t20-/m0/s1. The molecule has 3 aromatic carbocycles. The first-order valence-electron chi connectivity index (χ1n) is 13.4. The molecule has 0 unspecified atom stereocenters. The van der Waals surface area contributed by atoms with Gasteiger partial charge in [-0.15, -0.1) is 0 Å². The largest absolute Gasteiger partial charge is 0.495 e. The van der Waals surface area contributed by atoms with Crippen LogP contribution in [0.5, 0.6) is 17.2 Å². The lowest BCUT2D eigenvalue weighted by atomic mass is 10.1. The summed E-state index contributed by atoms with van der Waals surface area (Å²) in [5, 5.41) is 2.92. The van der Waals surface area contributed by atoms with Gasteiger partial charge in [0.2, 0.25) is 11.8 Å². The van der Waals surface area contributed by atoms with Crippen molar-refractivity contribution in [2.45, 2.75) is 37.8 Å². The summed E-state index contributed by atoms with van der Waals surface area (Å²) < 4.78 is 59.9. The molecule has 13 heteroatoms. The number of rotatable bonds is 14. The molecular weight excluding hydrogens is 601 g/mol. The fraction of sp³-hybridized carbons (Fsp3) is 0.333. The van der Waals surface area contributed by atoms with E-state index in [-0.39, 0.29) is 39.2 Å². The minimum atomic E-state index is -4.49. The van der Waals surface area contributed by atoms with Crippen LogP contribution in [0.2, 0.25) is 5.02 Å². The number of benzene rings is 3. The SMILES string of the molecule is CCCNC(=O)[C@H](C)N(Cc1ccccc1F)C(=O)CN(c1cc(Cl)ccc1OC)S(=O)(=O)c1ccc(OC)c(OC)c1. The molecule has 232 valence electrons. The van der Waals surface area contributed by atoms with Crippen LogP contribution in [0, 0.1) is 5.82 Å². The van der Waals surface area contributed by atoms with Crippen molar-refractivity contribution in [3.63, 3.8) is 0 Å². The van der Waals surface area contributed by atoms with Crippen molar-refractivity contribution >= 4 is 39.1 Å². The van der Waals surface area contributed by atoms with E-state index < -0.39 is 40.2 Å². The Labute approximate surface area is 256 Å². The van der Waals surface area contributed by atoms with Crippen molar-refractivity contribution < 1.29 is 36.6 Å². The Morgan fingerprint density at radius 1 is 0.953 bits per heavy atom. The molecule has 0 aliphatic heterocycles. The molecule has 43 heavy (non-hydrogen) atoms. The van der Waals surface area contributed by atoms with Crippen LogP contribution in [0.3, 0.4) is 0 Å². The van der Waals surface area contributed by atoms with Gasteiger partial charge in [-0.25, -0.2) is 12.8 Å². The van der Waals surface area contributed by atoms with E-state index in [1.807, 2.05) is 6.92 Å². The minimum absolute atomic E-state index is 0.0212. The summed E-state index contributed by atoms with van der Waals surface area (Å²) in [5.74, 6) is -1.25. The zero-order valence-corrected chi connectivity index (χ0v) is 26.2. The van der Waals surface area contributed by atoms with Crippen molar-refractivity contribution in [1.82, 2.24) is 10.2 Å². The molecular formula is C30H35ClFN3O7S. The molecule has 0 heterocycles. The predicted molar refractivity (Wildman–Crippen MR) is 162 cm³/mol. The van der Waals surface area contributed by atoms with Gasteiger partial charge in [-0.1, -0.05) is 36.7 Å². The Balaban J connectivity index is 2.15. The number of halogens is 2. The lowest BCUT2D eigenvalue weighted by molar-refractivity contribution is -0.139. The summed E-state index contributed by atoms with van der Waals surface area (Å²) in [6.45, 7) is 2.68. The lowest BCUT2D eigenvalue weighted by Gasteiger charge is -2.32. The van der Waals surface area contributed by atoms with Gasteiger partial charge in [0.25, 0.3) is 10.0 Å². The normalized spacial score (nSPS) is 11.8. The summed E-state index contributed by atoms with van der Waals surface area (Å²) in [6, 6.07) is 13.1. The van der Waals surface area contributed by atoms with E-state index in [1.54, 1.807) is 6.07 Å². The Hall–Kier alpha value is -4.03. The lowest BCUT2D eigenvalue weighted by Crippen LogP contribution is -2.51. The molecule has 3 aromatic rings. The van der Waals surface area contributed by atoms with Crippen LogP contribution in [0.4, 0.5) is 10.1 Å². The third kappa shape index (κ3) is 7.88. The number of sulfonamides is 1. The maximum absolute atomic E-state index is 14.7. The Morgan fingerprint density at radius 2 is 1.60 bits per heavy atom. The number of anilines is 1. The molecule has 0 saturated heterocycles. The zero-order chi connectivity index (χ0) is 31.7. The third-order valence-electron chi connectivity index (χ3n) is 6.65. The predicted octanol–water partition coefficient (Wildman–Crippen LogP) is 4.64. The molecule has 0 aliphatic carbocycles. The van der Waals surface area contributed by atoms with Crippen LogP contribution in [0.25, 0.3) is 0 Å². The number of ether oxygens (including phenoxy) is 3. The number of carbonyl (C=O) groups excluding carboxylic acids is 2. The molecule has 0 bridgehead atoms. The van der Waals surface area contributed by atoms with E-state index in [1.165, 1.54) is 82.9 Å². The fourth-order valence-corrected chi connectivity index (χ4v) is 5.86. The smallest absolute Gasteiger partial charge is 0.265 e. The number of hydrogen-bond donors (Lipinski definition) is 1. The first-order chi connectivity index (χ1) is 20.5. The average molecular weight is 636 g/mol. The molecule has 0 aliphatic rings. The van der Waals surface area contributed by atoms with Crippen molar-refractivity contribution in [3.05, 3.63) is 77.1 Å². The van der Waals surface area contributed by atoms with Gasteiger partial charge in [-0.05, 0) is 49.7 Å². The second-order valence-corrected chi connectivity index (χ2v) is 11.7. The summed E-state index contributed by atoms with van der Waals surface area (Å²) in [5.41, 5.74) is 0.132. The molecule has 3 rings (SSSR count). The van der Waals surface area contributed by atoms with E-state index in [4.69, 9.17) is 25.8 Å².